The summed E-state index contributed by atoms with van der Waals surface area (Å²) < 4.78 is 35.3. The largest absolute Gasteiger partial charge is 0.465 e. The van der Waals surface area contributed by atoms with Crippen molar-refractivity contribution in [1.82, 2.24) is 10.2 Å². The van der Waals surface area contributed by atoms with Crippen molar-refractivity contribution in [3.8, 4) is 11.5 Å². The van der Waals surface area contributed by atoms with E-state index in [1.54, 1.807) is 31.2 Å². The Morgan fingerprint density at radius 3 is 2.44 bits per heavy atom. The van der Waals surface area contributed by atoms with E-state index >= 15 is 0 Å². The average molecular weight is 525 g/mol. The van der Waals surface area contributed by atoms with E-state index in [1.165, 1.54) is 14.0 Å². The number of hydrogen-bond acceptors (Lipinski definition) is 11. The number of ether oxygens (including phenoxy) is 1. The van der Waals surface area contributed by atoms with Gasteiger partial charge in [-0.25, -0.2) is 13.2 Å². The van der Waals surface area contributed by atoms with Gasteiger partial charge < -0.3 is 14.5 Å². The highest BCUT2D eigenvalue weighted by molar-refractivity contribution is 7.99. The maximum absolute atomic E-state index is 12.5. The number of amides is 1. The Bertz CT molecular complexity index is 1340. The van der Waals surface area contributed by atoms with Gasteiger partial charge in [-0.15, -0.1) is 21.5 Å². The Morgan fingerprint density at radius 2 is 1.85 bits per heavy atom. The van der Waals surface area contributed by atoms with Gasteiger partial charge in [0.05, 0.1) is 29.6 Å². The van der Waals surface area contributed by atoms with E-state index in [0.29, 0.717) is 21.7 Å². The molecule has 0 bridgehead atoms. The number of thiophene rings is 1. The Kier molecular flexibility index (Phi) is 7.74. The van der Waals surface area contributed by atoms with Crippen molar-refractivity contribution in [2.45, 2.75) is 19.1 Å². The van der Waals surface area contributed by atoms with Crippen molar-refractivity contribution in [3.63, 3.8) is 0 Å². The number of anilines is 2. The van der Waals surface area contributed by atoms with E-state index in [2.05, 4.69) is 20.2 Å². The summed E-state index contributed by atoms with van der Waals surface area (Å²) in [6.45, 7) is 3.00. The zero-order valence-corrected chi connectivity index (χ0v) is 20.9. The van der Waals surface area contributed by atoms with E-state index in [1.807, 2.05) is 0 Å². The van der Waals surface area contributed by atoms with Gasteiger partial charge in [0.2, 0.25) is 21.8 Å². The molecule has 3 aromatic rings. The number of carbonyl (C=O) groups excluding carboxylic acids is 3. The molecule has 0 aliphatic rings. The summed E-state index contributed by atoms with van der Waals surface area (Å²) in [6.07, 6.45) is 1.05. The molecule has 0 saturated carbocycles. The molecule has 0 aliphatic heterocycles. The molecule has 0 unspecified atom stereocenters. The molecule has 3 rings (SSSR count). The summed E-state index contributed by atoms with van der Waals surface area (Å²) in [5.74, 6) is -1.21. The van der Waals surface area contributed by atoms with Gasteiger partial charge in [-0.05, 0) is 43.7 Å². The molecule has 0 spiro atoms. The van der Waals surface area contributed by atoms with Crippen LogP contribution in [0.3, 0.4) is 0 Å². The van der Waals surface area contributed by atoms with Gasteiger partial charge in [-0.3, -0.25) is 14.3 Å². The minimum Gasteiger partial charge on any atom is -0.465 e. The van der Waals surface area contributed by atoms with Gasteiger partial charge in [0.15, 0.2) is 5.78 Å². The normalized spacial score (nSPS) is 11.2. The second-order valence-electron chi connectivity index (χ2n) is 6.97. The van der Waals surface area contributed by atoms with Crippen LogP contribution in [-0.2, 0) is 19.6 Å². The lowest BCUT2D eigenvalue weighted by Crippen LogP contribution is -2.16. The van der Waals surface area contributed by atoms with Gasteiger partial charge in [-0.1, -0.05) is 11.8 Å². The van der Waals surface area contributed by atoms with Crippen LogP contribution < -0.4 is 10.0 Å². The van der Waals surface area contributed by atoms with Crippen LogP contribution in [0.2, 0.25) is 0 Å². The highest BCUT2D eigenvalue weighted by atomic mass is 32.2. The summed E-state index contributed by atoms with van der Waals surface area (Å²) in [6, 6.07) is 6.33. The fraction of sp³-hybridized carbons (Fsp3) is 0.250. The Morgan fingerprint density at radius 1 is 1.18 bits per heavy atom. The maximum Gasteiger partial charge on any atom is 0.341 e. The van der Waals surface area contributed by atoms with E-state index in [-0.39, 0.29) is 33.2 Å². The molecule has 0 radical (unpaired) electrons. The molecular weight excluding hydrogens is 504 g/mol. The molecule has 1 amide bonds. The van der Waals surface area contributed by atoms with Crippen LogP contribution in [0.25, 0.3) is 11.5 Å². The first-order chi connectivity index (χ1) is 16.0. The van der Waals surface area contributed by atoms with Crippen LogP contribution in [0.5, 0.6) is 0 Å². The first-order valence-corrected chi connectivity index (χ1v) is 13.2. The molecule has 0 saturated heterocycles. The number of nitrogens with one attached hydrogen (secondary N) is 2. The van der Waals surface area contributed by atoms with Crippen LogP contribution in [0.4, 0.5) is 10.7 Å². The van der Waals surface area contributed by atoms with Crippen molar-refractivity contribution in [1.29, 1.82) is 0 Å². The molecule has 0 fully saturated rings. The standard InChI is InChI=1S/C20H20N4O7S3/c1-10-15(19(27)30-3)18(33-16(10)11(2)25)21-14(26)9-32-20-23-22-17(31-20)12-5-7-13(8-6-12)24-34(4,28)29/h5-8,24H,9H2,1-4H3,(H,21,26). The number of methoxy groups -OCH3 is 1. The van der Waals surface area contributed by atoms with Crippen LogP contribution in [0.15, 0.2) is 33.9 Å². The molecule has 2 heterocycles. The van der Waals surface area contributed by atoms with Crippen molar-refractivity contribution < 1.29 is 32.0 Å². The monoisotopic (exact) mass is 524 g/mol. The number of Topliss-reactive ketones (excluding diaryl/α,β-unsaturated/α-hetero) is 1. The molecule has 1 aromatic carbocycles. The second kappa shape index (κ2) is 10.4. The number of nitrogens with zero attached hydrogens (tertiary/aromatic N) is 2. The van der Waals surface area contributed by atoms with Crippen molar-refractivity contribution >= 4 is 61.5 Å². The Labute approximate surface area is 203 Å². The van der Waals surface area contributed by atoms with Gasteiger partial charge in [0, 0.05) is 11.3 Å². The minimum absolute atomic E-state index is 0.0915. The fourth-order valence-electron chi connectivity index (χ4n) is 2.85. The van der Waals surface area contributed by atoms with Gasteiger partial charge >= 0.3 is 5.97 Å². The molecule has 2 aromatic heterocycles. The lowest BCUT2D eigenvalue weighted by Gasteiger charge is -2.05. The Balaban J connectivity index is 1.65. The lowest BCUT2D eigenvalue weighted by atomic mass is 10.1. The fourth-order valence-corrected chi connectivity index (χ4v) is 5.09. The van der Waals surface area contributed by atoms with E-state index in [4.69, 9.17) is 9.15 Å². The summed E-state index contributed by atoms with van der Waals surface area (Å²) in [5, 5.41) is 10.8. The molecular formula is C20H20N4O7S3. The quantitative estimate of drug-likeness (QED) is 0.242. The number of aromatic nitrogens is 2. The summed E-state index contributed by atoms with van der Waals surface area (Å²) in [7, 11) is -2.17. The first kappa shape index (κ1) is 25.4. The number of ketones is 1. The molecule has 34 heavy (non-hydrogen) atoms. The molecule has 180 valence electrons. The SMILES string of the molecule is COC(=O)c1c(NC(=O)CSc2nnc(-c3ccc(NS(C)(=O)=O)cc3)o2)sc(C(C)=O)c1C. The zero-order valence-electron chi connectivity index (χ0n) is 18.5. The van der Waals surface area contributed by atoms with E-state index in [0.717, 1.165) is 29.4 Å². The maximum atomic E-state index is 12.5. The molecule has 14 heteroatoms. The van der Waals surface area contributed by atoms with Gasteiger partial charge in [0.1, 0.15) is 5.00 Å². The van der Waals surface area contributed by atoms with Crippen LogP contribution >= 0.6 is 23.1 Å². The summed E-state index contributed by atoms with van der Waals surface area (Å²) in [4.78, 5) is 36.8. The average Bonchev–Trinajstić information content (AvgIpc) is 3.36. The number of thioether (sulfide) groups is 1. The third-order valence-corrected chi connectivity index (χ3v) is 7.01. The van der Waals surface area contributed by atoms with Crippen molar-refractivity contribution in [3.05, 3.63) is 40.3 Å². The number of hydrogen-bond donors (Lipinski definition) is 2. The van der Waals surface area contributed by atoms with E-state index < -0.39 is 21.9 Å². The summed E-state index contributed by atoms with van der Waals surface area (Å²) in [5.41, 5.74) is 1.55. The highest BCUT2D eigenvalue weighted by Gasteiger charge is 2.25. The zero-order chi connectivity index (χ0) is 25.0. The van der Waals surface area contributed by atoms with Crippen molar-refractivity contribution in [2.24, 2.45) is 0 Å². The first-order valence-electron chi connectivity index (χ1n) is 9.55. The van der Waals surface area contributed by atoms with Crippen LogP contribution in [0.1, 0.15) is 32.5 Å². The third-order valence-electron chi connectivity index (χ3n) is 4.28. The molecule has 2 N–H and O–H groups in total. The topological polar surface area (TPSA) is 158 Å². The van der Waals surface area contributed by atoms with E-state index in [9.17, 15) is 22.8 Å². The summed E-state index contributed by atoms with van der Waals surface area (Å²) >= 11 is 2.00. The number of carbonyl (C=O) groups is 3. The molecule has 11 nitrogen and oxygen atoms in total. The highest BCUT2D eigenvalue weighted by Crippen LogP contribution is 2.34. The number of benzene rings is 1. The molecule has 0 aliphatic carbocycles. The van der Waals surface area contributed by atoms with Crippen LogP contribution in [0, 0.1) is 6.92 Å². The third kappa shape index (κ3) is 6.21. The lowest BCUT2D eigenvalue weighted by molar-refractivity contribution is -0.113. The predicted octanol–water partition coefficient (Wildman–Crippen LogP) is 3.20. The molecule has 0 atom stereocenters. The van der Waals surface area contributed by atoms with Gasteiger partial charge in [0.25, 0.3) is 5.22 Å². The minimum atomic E-state index is -3.39. The number of rotatable bonds is 9. The Hall–Kier alpha value is -3.23. The number of sulfonamides is 1. The van der Waals surface area contributed by atoms with Gasteiger partial charge in [-0.2, -0.15) is 0 Å². The van der Waals surface area contributed by atoms with Crippen LogP contribution in [-0.4, -0.2) is 55.4 Å². The predicted molar refractivity (Wildman–Crippen MR) is 128 cm³/mol. The second-order valence-corrected chi connectivity index (χ2v) is 10.7. The smallest absolute Gasteiger partial charge is 0.341 e. The number of esters is 1. The van der Waals surface area contributed by atoms with Crippen molar-refractivity contribution in [2.75, 3.05) is 29.2 Å².